The Morgan fingerprint density at radius 1 is 1.13 bits per heavy atom. The number of fused-ring (bicyclic) bond motifs is 1. The monoisotopic (exact) mass is 426 g/mol. The van der Waals surface area contributed by atoms with Gasteiger partial charge >= 0.3 is 5.69 Å². The van der Waals surface area contributed by atoms with Crippen LogP contribution in [-0.2, 0) is 6.54 Å². The maximum Gasteiger partial charge on any atom is 0.311 e. The second-order valence-corrected chi connectivity index (χ2v) is 7.30. The lowest BCUT2D eigenvalue weighted by Crippen LogP contribution is -2.28. The molecule has 31 heavy (non-hydrogen) atoms. The Labute approximate surface area is 177 Å². The van der Waals surface area contributed by atoms with E-state index in [0.717, 1.165) is 38.3 Å². The Morgan fingerprint density at radius 2 is 1.97 bits per heavy atom. The molecule has 11 nitrogen and oxygen atoms in total. The summed E-state index contributed by atoms with van der Waals surface area (Å²) in [5.74, 6) is 0.160. The molecular weight excluding hydrogens is 404 g/mol. The van der Waals surface area contributed by atoms with E-state index >= 15 is 0 Å². The van der Waals surface area contributed by atoms with Crippen LogP contribution in [0.5, 0.6) is 5.75 Å². The summed E-state index contributed by atoms with van der Waals surface area (Å²) < 4.78 is 6.82. The molecule has 3 heterocycles. The molecular formula is C20H22N6O5. The molecule has 1 fully saturated rings. The van der Waals surface area contributed by atoms with Gasteiger partial charge < -0.3 is 10.1 Å². The number of rotatable bonds is 6. The van der Waals surface area contributed by atoms with Crippen LogP contribution in [0.25, 0.3) is 16.9 Å². The van der Waals surface area contributed by atoms with Crippen molar-refractivity contribution < 1.29 is 14.6 Å². The number of nitrogens with one attached hydrogen (secondary N) is 1. The number of ether oxygens (including phenoxy) is 1. The van der Waals surface area contributed by atoms with Crippen LogP contribution in [0.3, 0.4) is 0 Å². The van der Waals surface area contributed by atoms with Gasteiger partial charge in [-0.2, -0.15) is 0 Å². The molecule has 0 amide bonds. The number of pyridine rings is 1. The van der Waals surface area contributed by atoms with Gasteiger partial charge in [0.2, 0.25) is 0 Å². The van der Waals surface area contributed by atoms with Gasteiger partial charge in [-0.25, -0.2) is 4.98 Å². The predicted octanol–water partition coefficient (Wildman–Crippen LogP) is 2.62. The lowest BCUT2D eigenvalue weighted by atomic mass is 10.1. The fourth-order valence-electron chi connectivity index (χ4n) is 3.82. The lowest BCUT2D eigenvalue weighted by molar-refractivity contribution is -0.385. The number of hydrogen-bond donors (Lipinski definition) is 1. The largest absolute Gasteiger partial charge is 0.490 e. The molecule has 1 aliphatic heterocycles. The number of nitrogens with zero attached hydrogens (tertiary/aromatic N) is 5. The average molecular weight is 426 g/mol. The van der Waals surface area contributed by atoms with Crippen molar-refractivity contribution in [3.05, 3.63) is 62.5 Å². The van der Waals surface area contributed by atoms with E-state index in [-0.39, 0.29) is 17.1 Å². The number of methoxy groups -OCH3 is 1. The Kier molecular flexibility index (Phi) is 5.78. The summed E-state index contributed by atoms with van der Waals surface area (Å²) in [6, 6.07) is 7.69. The number of benzene rings is 1. The Hall–Kier alpha value is -3.57. The smallest absolute Gasteiger partial charge is 0.311 e. The molecule has 3 aromatic rings. The summed E-state index contributed by atoms with van der Waals surface area (Å²) in [6.07, 6.45) is 2.44. The first kappa shape index (κ1) is 20.7. The molecule has 2 aromatic heterocycles. The summed E-state index contributed by atoms with van der Waals surface area (Å²) in [5.41, 5.74) is 2.20. The number of aromatic nitrogens is 2. The minimum Gasteiger partial charge on any atom is -0.490 e. The molecule has 4 rings (SSSR count). The van der Waals surface area contributed by atoms with Gasteiger partial charge in [0.25, 0.3) is 5.69 Å². The van der Waals surface area contributed by atoms with Crippen LogP contribution < -0.4 is 10.1 Å². The number of imidazole rings is 1. The van der Waals surface area contributed by atoms with Crippen LogP contribution >= 0.6 is 0 Å². The lowest BCUT2D eigenvalue weighted by Gasteiger charge is -2.20. The molecule has 1 aliphatic rings. The topological polar surface area (TPSA) is 128 Å². The highest BCUT2D eigenvalue weighted by molar-refractivity contribution is 5.71. The van der Waals surface area contributed by atoms with Gasteiger partial charge in [-0.1, -0.05) is 0 Å². The molecule has 0 saturated carbocycles. The van der Waals surface area contributed by atoms with E-state index in [9.17, 15) is 20.2 Å². The Morgan fingerprint density at radius 3 is 2.71 bits per heavy atom. The summed E-state index contributed by atoms with van der Waals surface area (Å²) in [7, 11) is 1.38. The summed E-state index contributed by atoms with van der Waals surface area (Å²) in [6.45, 7) is 3.99. The molecule has 0 bridgehead atoms. The van der Waals surface area contributed by atoms with E-state index in [4.69, 9.17) is 4.74 Å². The standard InChI is InChI=1S/C20H22N6O5/c1-31-18-5-3-14(11-16(18)26(29)30)20-17(13-23-9-2-7-21-8-10-23)24-12-15(25(27)28)4-6-19(24)22-20/h3-6,11-12,21H,2,7-10,13H2,1H3. The number of nitro benzene ring substituents is 1. The highest BCUT2D eigenvalue weighted by atomic mass is 16.6. The number of nitro groups is 2. The van der Waals surface area contributed by atoms with Crippen LogP contribution in [0.4, 0.5) is 11.4 Å². The SMILES string of the molecule is COc1ccc(-c2nc3ccc([N+](=O)[O-])cn3c2CN2CCCNCC2)cc1[N+](=O)[O-]. The second kappa shape index (κ2) is 8.66. The van der Waals surface area contributed by atoms with Gasteiger partial charge in [0, 0.05) is 37.3 Å². The second-order valence-electron chi connectivity index (χ2n) is 7.30. The molecule has 0 radical (unpaired) electrons. The molecule has 0 unspecified atom stereocenters. The third-order valence-electron chi connectivity index (χ3n) is 5.37. The first-order chi connectivity index (χ1) is 15.0. The summed E-state index contributed by atoms with van der Waals surface area (Å²) >= 11 is 0. The van der Waals surface area contributed by atoms with Crippen LogP contribution in [0, 0.1) is 20.2 Å². The molecule has 11 heteroatoms. The predicted molar refractivity (Wildman–Crippen MR) is 113 cm³/mol. The molecule has 1 N–H and O–H groups in total. The van der Waals surface area contributed by atoms with Gasteiger partial charge in [-0.15, -0.1) is 0 Å². The van der Waals surface area contributed by atoms with Crippen molar-refractivity contribution in [1.29, 1.82) is 0 Å². The van der Waals surface area contributed by atoms with Gasteiger partial charge in [0.15, 0.2) is 5.75 Å². The summed E-state index contributed by atoms with van der Waals surface area (Å²) in [5, 5.41) is 26.2. The highest BCUT2D eigenvalue weighted by Crippen LogP contribution is 2.34. The molecule has 1 saturated heterocycles. The molecule has 162 valence electrons. The van der Waals surface area contributed by atoms with E-state index in [1.54, 1.807) is 22.6 Å². The van der Waals surface area contributed by atoms with E-state index in [1.165, 1.54) is 25.4 Å². The Bertz CT molecular complexity index is 1140. The van der Waals surface area contributed by atoms with E-state index in [1.807, 2.05) is 0 Å². The highest BCUT2D eigenvalue weighted by Gasteiger charge is 2.23. The van der Waals surface area contributed by atoms with E-state index < -0.39 is 9.85 Å². The van der Waals surface area contributed by atoms with Crippen molar-refractivity contribution in [3.63, 3.8) is 0 Å². The minimum atomic E-state index is -0.497. The molecule has 0 aliphatic carbocycles. The van der Waals surface area contributed by atoms with Crippen molar-refractivity contribution in [1.82, 2.24) is 19.6 Å². The molecule has 1 aromatic carbocycles. The molecule has 0 atom stereocenters. The van der Waals surface area contributed by atoms with Crippen molar-refractivity contribution in [2.45, 2.75) is 13.0 Å². The van der Waals surface area contributed by atoms with Crippen LogP contribution in [0.1, 0.15) is 12.1 Å². The van der Waals surface area contributed by atoms with E-state index in [2.05, 4.69) is 15.2 Å². The maximum atomic E-state index is 11.5. The van der Waals surface area contributed by atoms with Crippen molar-refractivity contribution >= 4 is 17.0 Å². The maximum absolute atomic E-state index is 11.5. The average Bonchev–Trinajstić information content (AvgIpc) is 2.92. The van der Waals surface area contributed by atoms with Gasteiger partial charge in [0.1, 0.15) is 5.65 Å². The van der Waals surface area contributed by atoms with Crippen LogP contribution in [-0.4, -0.2) is 57.4 Å². The third-order valence-corrected chi connectivity index (χ3v) is 5.37. The zero-order chi connectivity index (χ0) is 22.0. The molecule has 0 spiro atoms. The third kappa shape index (κ3) is 4.18. The first-order valence-electron chi connectivity index (χ1n) is 9.89. The van der Waals surface area contributed by atoms with Crippen molar-refractivity contribution in [3.8, 4) is 17.0 Å². The Balaban J connectivity index is 1.86. The normalized spacial score (nSPS) is 15.0. The summed E-state index contributed by atoms with van der Waals surface area (Å²) in [4.78, 5) is 28.8. The first-order valence-corrected chi connectivity index (χ1v) is 9.89. The van der Waals surface area contributed by atoms with Gasteiger partial charge in [-0.05, 0) is 37.7 Å². The fourth-order valence-corrected chi connectivity index (χ4v) is 3.82. The minimum absolute atomic E-state index is 0.0454. The van der Waals surface area contributed by atoms with E-state index in [0.29, 0.717) is 23.4 Å². The van der Waals surface area contributed by atoms with Gasteiger partial charge in [0.05, 0.1) is 34.5 Å². The van der Waals surface area contributed by atoms with Crippen molar-refractivity contribution in [2.75, 3.05) is 33.3 Å². The van der Waals surface area contributed by atoms with Crippen molar-refractivity contribution in [2.24, 2.45) is 0 Å². The number of hydrogen-bond acceptors (Lipinski definition) is 8. The van der Waals surface area contributed by atoms with Gasteiger partial charge in [-0.3, -0.25) is 29.5 Å². The fraction of sp³-hybridized carbons (Fsp3) is 0.350. The zero-order valence-corrected chi connectivity index (χ0v) is 17.0. The quantitative estimate of drug-likeness (QED) is 0.471. The van der Waals surface area contributed by atoms with Crippen LogP contribution in [0.15, 0.2) is 36.5 Å². The van der Waals surface area contributed by atoms with Crippen LogP contribution in [0.2, 0.25) is 0 Å². The zero-order valence-electron chi connectivity index (χ0n) is 17.0.